The van der Waals surface area contributed by atoms with Gasteiger partial charge in [-0.15, -0.1) is 0 Å². The van der Waals surface area contributed by atoms with Crippen molar-refractivity contribution in [3.05, 3.63) is 21.8 Å². The lowest BCUT2D eigenvalue weighted by atomic mass is 10.3. The van der Waals surface area contributed by atoms with E-state index in [0.717, 1.165) is 3.57 Å². The van der Waals surface area contributed by atoms with E-state index < -0.39 is 10.0 Å². The molecule has 0 saturated carbocycles. The third-order valence-corrected chi connectivity index (χ3v) is 3.97. The van der Waals surface area contributed by atoms with Crippen LogP contribution in [0.3, 0.4) is 0 Å². The first-order chi connectivity index (χ1) is 7.51. The molecule has 0 fully saturated rings. The third-order valence-electron chi connectivity index (χ3n) is 1.82. The molecule has 0 aromatic heterocycles. The smallest absolute Gasteiger partial charge is 0.244 e. The average Bonchev–Trinajstić information content (AvgIpc) is 2.26. The van der Waals surface area contributed by atoms with E-state index in [0.29, 0.717) is 0 Å². The van der Waals surface area contributed by atoms with Gasteiger partial charge in [-0.1, -0.05) is 0 Å². The maximum Gasteiger partial charge on any atom is 0.244 e. The van der Waals surface area contributed by atoms with E-state index >= 15 is 0 Å². The Hall–Kier alpha value is -0.380. The summed E-state index contributed by atoms with van der Waals surface area (Å²) in [5.41, 5.74) is 0. The van der Waals surface area contributed by atoms with E-state index in [9.17, 15) is 8.42 Å². The van der Waals surface area contributed by atoms with Crippen molar-refractivity contribution in [3.63, 3.8) is 0 Å². The van der Waals surface area contributed by atoms with E-state index in [1.807, 2.05) is 22.6 Å². The molecule has 5 nitrogen and oxygen atoms in total. The summed E-state index contributed by atoms with van der Waals surface area (Å²) in [5, 5.41) is 8.60. The second-order valence-electron chi connectivity index (χ2n) is 2.92. The van der Waals surface area contributed by atoms with Crippen molar-refractivity contribution in [1.29, 1.82) is 0 Å². The Morgan fingerprint density at radius 3 is 2.75 bits per heavy atom. The lowest BCUT2D eigenvalue weighted by Gasteiger charge is -2.10. The summed E-state index contributed by atoms with van der Waals surface area (Å²) in [6.45, 7) is -0.261. The molecule has 0 bridgehead atoms. The predicted octanol–water partition coefficient (Wildman–Crippen LogP) is 0.570. The molecule has 1 aromatic carbocycles. The summed E-state index contributed by atoms with van der Waals surface area (Å²) in [6.07, 6.45) is 0. The van der Waals surface area contributed by atoms with Gasteiger partial charge in [-0.25, -0.2) is 13.1 Å². The Labute approximate surface area is 108 Å². The van der Waals surface area contributed by atoms with E-state index in [2.05, 4.69) is 4.72 Å². The first-order valence-electron chi connectivity index (χ1n) is 4.45. The van der Waals surface area contributed by atoms with Gasteiger partial charge in [0.1, 0.15) is 10.6 Å². The number of sulfonamides is 1. The van der Waals surface area contributed by atoms with Crippen molar-refractivity contribution in [2.45, 2.75) is 4.90 Å². The van der Waals surface area contributed by atoms with Gasteiger partial charge in [-0.3, -0.25) is 0 Å². The number of aliphatic hydroxyl groups excluding tert-OH is 1. The Balaban J connectivity index is 3.15. The van der Waals surface area contributed by atoms with Gasteiger partial charge in [-0.2, -0.15) is 0 Å². The number of methoxy groups -OCH3 is 1. The molecular formula is C9H12INO4S. The van der Waals surface area contributed by atoms with Crippen LogP contribution in [0.25, 0.3) is 0 Å². The fraction of sp³-hybridized carbons (Fsp3) is 0.333. The second-order valence-corrected chi connectivity index (χ2v) is 5.90. The monoisotopic (exact) mass is 357 g/mol. The summed E-state index contributed by atoms with van der Waals surface area (Å²) in [4.78, 5) is 0.0790. The molecule has 0 amide bonds. The van der Waals surface area contributed by atoms with Gasteiger partial charge in [-0.05, 0) is 40.8 Å². The molecule has 0 radical (unpaired) electrons. The van der Waals surface area contributed by atoms with Crippen LogP contribution in [0.2, 0.25) is 0 Å². The molecule has 1 aromatic rings. The number of ether oxygens (including phenoxy) is 1. The van der Waals surface area contributed by atoms with Crippen LogP contribution in [0.4, 0.5) is 0 Å². The fourth-order valence-corrected chi connectivity index (χ4v) is 3.03. The van der Waals surface area contributed by atoms with Crippen LogP contribution >= 0.6 is 22.6 Å². The van der Waals surface area contributed by atoms with Crippen molar-refractivity contribution in [3.8, 4) is 5.75 Å². The van der Waals surface area contributed by atoms with Crippen LogP contribution in [0, 0.1) is 3.57 Å². The maximum atomic E-state index is 11.8. The quantitative estimate of drug-likeness (QED) is 0.756. The third kappa shape index (κ3) is 3.30. The zero-order valence-corrected chi connectivity index (χ0v) is 11.6. The predicted molar refractivity (Wildman–Crippen MR) is 68.0 cm³/mol. The Morgan fingerprint density at radius 2 is 2.19 bits per heavy atom. The number of rotatable bonds is 5. The maximum absolute atomic E-state index is 11.8. The number of nitrogens with one attached hydrogen (secondary N) is 1. The molecule has 16 heavy (non-hydrogen) atoms. The zero-order valence-electron chi connectivity index (χ0n) is 8.60. The standard InChI is InChI=1S/C9H12INO4S/c1-15-8-3-2-7(10)6-9(8)16(13,14)11-4-5-12/h2-3,6,11-12H,4-5H2,1H3. The molecule has 0 aliphatic carbocycles. The van der Waals surface area contributed by atoms with Crippen LogP contribution in [0.15, 0.2) is 23.1 Å². The van der Waals surface area contributed by atoms with Crippen molar-refractivity contribution >= 4 is 32.6 Å². The van der Waals surface area contributed by atoms with Crippen molar-refractivity contribution < 1.29 is 18.3 Å². The molecule has 1 rings (SSSR count). The lowest BCUT2D eigenvalue weighted by Crippen LogP contribution is -2.27. The number of hydrogen-bond acceptors (Lipinski definition) is 4. The number of hydrogen-bond donors (Lipinski definition) is 2. The first-order valence-corrected chi connectivity index (χ1v) is 7.01. The Morgan fingerprint density at radius 1 is 1.50 bits per heavy atom. The van der Waals surface area contributed by atoms with Crippen LogP contribution in [-0.4, -0.2) is 33.8 Å². The van der Waals surface area contributed by atoms with Crippen LogP contribution < -0.4 is 9.46 Å². The highest BCUT2D eigenvalue weighted by Gasteiger charge is 2.18. The largest absolute Gasteiger partial charge is 0.495 e. The highest BCUT2D eigenvalue weighted by Crippen LogP contribution is 2.25. The average molecular weight is 357 g/mol. The zero-order chi connectivity index (χ0) is 12.2. The Kier molecular flexibility index (Phi) is 4.96. The summed E-state index contributed by atoms with van der Waals surface area (Å²) in [5.74, 6) is 0.283. The molecule has 0 atom stereocenters. The summed E-state index contributed by atoms with van der Waals surface area (Å²) in [6, 6.07) is 4.86. The minimum absolute atomic E-state index is 0.0169. The minimum Gasteiger partial charge on any atom is -0.495 e. The molecule has 0 aliphatic rings. The fourth-order valence-electron chi connectivity index (χ4n) is 1.12. The Bertz CT molecular complexity index is 461. The number of benzene rings is 1. The minimum atomic E-state index is -3.63. The molecule has 2 N–H and O–H groups in total. The molecule has 0 heterocycles. The van der Waals surface area contributed by atoms with Gasteiger partial charge in [0.05, 0.1) is 13.7 Å². The van der Waals surface area contributed by atoms with Crippen LogP contribution in [0.1, 0.15) is 0 Å². The van der Waals surface area contributed by atoms with E-state index in [-0.39, 0.29) is 23.8 Å². The van der Waals surface area contributed by atoms with E-state index in [1.165, 1.54) is 13.2 Å². The molecule has 90 valence electrons. The van der Waals surface area contributed by atoms with Gasteiger partial charge in [0, 0.05) is 10.1 Å². The topological polar surface area (TPSA) is 75.6 Å². The normalized spacial score (nSPS) is 11.4. The molecule has 0 spiro atoms. The molecule has 0 saturated heterocycles. The van der Waals surface area contributed by atoms with E-state index in [1.54, 1.807) is 12.1 Å². The molecular weight excluding hydrogens is 345 g/mol. The first kappa shape index (κ1) is 13.7. The molecule has 0 unspecified atom stereocenters. The summed E-state index contributed by atoms with van der Waals surface area (Å²) >= 11 is 2.02. The van der Waals surface area contributed by atoms with E-state index in [4.69, 9.17) is 9.84 Å². The highest BCUT2D eigenvalue weighted by atomic mass is 127. The van der Waals surface area contributed by atoms with Gasteiger partial charge >= 0.3 is 0 Å². The second kappa shape index (κ2) is 5.80. The lowest BCUT2D eigenvalue weighted by molar-refractivity contribution is 0.301. The number of aliphatic hydroxyl groups is 1. The van der Waals surface area contributed by atoms with Crippen LogP contribution in [-0.2, 0) is 10.0 Å². The highest BCUT2D eigenvalue weighted by molar-refractivity contribution is 14.1. The summed E-state index contributed by atoms with van der Waals surface area (Å²) in [7, 11) is -2.22. The van der Waals surface area contributed by atoms with Crippen molar-refractivity contribution in [1.82, 2.24) is 4.72 Å². The van der Waals surface area contributed by atoms with Crippen molar-refractivity contribution in [2.75, 3.05) is 20.3 Å². The van der Waals surface area contributed by atoms with Gasteiger partial charge in [0.15, 0.2) is 0 Å². The van der Waals surface area contributed by atoms with Gasteiger partial charge < -0.3 is 9.84 Å². The van der Waals surface area contributed by atoms with Gasteiger partial charge in [0.25, 0.3) is 0 Å². The van der Waals surface area contributed by atoms with Crippen LogP contribution in [0.5, 0.6) is 5.75 Å². The van der Waals surface area contributed by atoms with Crippen molar-refractivity contribution in [2.24, 2.45) is 0 Å². The molecule has 0 aliphatic heterocycles. The SMILES string of the molecule is COc1ccc(I)cc1S(=O)(=O)NCCO. The molecule has 7 heteroatoms. The number of halogens is 1. The summed E-state index contributed by atoms with van der Waals surface area (Å²) < 4.78 is 31.7. The van der Waals surface area contributed by atoms with Gasteiger partial charge in [0.2, 0.25) is 10.0 Å².